The van der Waals surface area contributed by atoms with Crippen LogP contribution in [-0.4, -0.2) is 36.2 Å². The van der Waals surface area contributed by atoms with Crippen molar-refractivity contribution in [3.8, 4) is 6.07 Å². The Hall–Kier alpha value is -0.590. The molecule has 0 saturated carbocycles. The van der Waals surface area contributed by atoms with Crippen LogP contribution in [0.3, 0.4) is 0 Å². The second kappa shape index (κ2) is 6.14. The van der Waals surface area contributed by atoms with Crippen molar-refractivity contribution in [1.29, 1.82) is 5.26 Å². The zero-order valence-corrected chi connectivity index (χ0v) is 7.25. The van der Waals surface area contributed by atoms with E-state index in [0.717, 1.165) is 13.0 Å². The van der Waals surface area contributed by atoms with Gasteiger partial charge in [-0.25, -0.2) is 0 Å². The van der Waals surface area contributed by atoms with Gasteiger partial charge in [-0.05, 0) is 26.9 Å². The summed E-state index contributed by atoms with van der Waals surface area (Å²) in [6, 6.07) is 2.09. The third-order valence-electron chi connectivity index (χ3n) is 1.40. The van der Waals surface area contributed by atoms with Crippen molar-refractivity contribution in [2.75, 3.05) is 20.1 Å². The van der Waals surface area contributed by atoms with Crippen LogP contribution in [0.5, 0.6) is 0 Å². The molecule has 0 heterocycles. The van der Waals surface area contributed by atoms with Gasteiger partial charge in [0, 0.05) is 13.0 Å². The molecule has 0 aliphatic heterocycles. The number of nitriles is 1. The predicted octanol–water partition coefficient (Wildman–Crippen LogP) is 0.603. The Labute approximate surface area is 68.2 Å². The number of unbranched alkanes of at least 4 members (excludes halogenated alkanes) is 1. The van der Waals surface area contributed by atoms with Gasteiger partial charge < -0.3 is 10.0 Å². The van der Waals surface area contributed by atoms with Crippen LogP contribution in [0, 0.1) is 11.3 Å². The van der Waals surface area contributed by atoms with Gasteiger partial charge in [-0.1, -0.05) is 0 Å². The quantitative estimate of drug-likeness (QED) is 0.593. The number of nitrogens with zero attached hydrogens (tertiary/aromatic N) is 2. The summed E-state index contributed by atoms with van der Waals surface area (Å²) in [4.78, 5) is 2.03. The van der Waals surface area contributed by atoms with Crippen molar-refractivity contribution in [3.63, 3.8) is 0 Å². The van der Waals surface area contributed by atoms with Crippen molar-refractivity contribution in [3.05, 3.63) is 0 Å². The highest BCUT2D eigenvalue weighted by molar-refractivity contribution is 4.69. The van der Waals surface area contributed by atoms with E-state index in [1.165, 1.54) is 0 Å². The Morgan fingerprint density at radius 2 is 2.27 bits per heavy atom. The largest absolute Gasteiger partial charge is 0.392 e. The van der Waals surface area contributed by atoms with Gasteiger partial charge in [0.25, 0.3) is 0 Å². The maximum atomic E-state index is 8.97. The Kier molecular flexibility index (Phi) is 5.81. The molecule has 0 aromatic heterocycles. The topological polar surface area (TPSA) is 47.3 Å². The van der Waals surface area contributed by atoms with E-state index in [1.54, 1.807) is 6.92 Å². The normalized spacial score (nSPS) is 13.0. The van der Waals surface area contributed by atoms with Crippen LogP contribution in [0.4, 0.5) is 0 Å². The van der Waals surface area contributed by atoms with Crippen molar-refractivity contribution >= 4 is 0 Å². The summed E-state index contributed by atoms with van der Waals surface area (Å²) in [5.41, 5.74) is 0. The van der Waals surface area contributed by atoms with Gasteiger partial charge in [-0.15, -0.1) is 0 Å². The van der Waals surface area contributed by atoms with Gasteiger partial charge in [-0.2, -0.15) is 5.26 Å². The van der Waals surface area contributed by atoms with Crippen LogP contribution in [-0.2, 0) is 0 Å². The second-order valence-electron chi connectivity index (χ2n) is 2.87. The van der Waals surface area contributed by atoms with Crippen LogP contribution in [0.1, 0.15) is 19.8 Å². The minimum absolute atomic E-state index is 0.276. The zero-order valence-electron chi connectivity index (χ0n) is 7.25. The van der Waals surface area contributed by atoms with Crippen LogP contribution in [0.2, 0.25) is 0 Å². The molecule has 0 fully saturated rings. The summed E-state index contributed by atoms with van der Waals surface area (Å²) < 4.78 is 0. The molecule has 1 atom stereocenters. The molecule has 3 heteroatoms. The number of hydrogen-bond donors (Lipinski definition) is 1. The molecular formula is C8H16N2O. The van der Waals surface area contributed by atoms with Crippen LogP contribution in [0.25, 0.3) is 0 Å². The molecule has 0 bridgehead atoms. The predicted molar refractivity (Wildman–Crippen MR) is 44.0 cm³/mol. The molecular weight excluding hydrogens is 140 g/mol. The third-order valence-corrected chi connectivity index (χ3v) is 1.40. The molecule has 0 saturated heterocycles. The molecule has 11 heavy (non-hydrogen) atoms. The molecule has 0 radical (unpaired) electrons. The van der Waals surface area contributed by atoms with Gasteiger partial charge >= 0.3 is 0 Å². The van der Waals surface area contributed by atoms with Crippen LogP contribution in [0.15, 0.2) is 0 Å². The molecule has 3 nitrogen and oxygen atoms in total. The van der Waals surface area contributed by atoms with E-state index in [9.17, 15) is 0 Å². The fourth-order valence-corrected chi connectivity index (χ4v) is 0.970. The first kappa shape index (κ1) is 10.4. The summed E-state index contributed by atoms with van der Waals surface area (Å²) in [5.74, 6) is 0. The minimum Gasteiger partial charge on any atom is -0.392 e. The van der Waals surface area contributed by atoms with E-state index in [0.29, 0.717) is 13.0 Å². The second-order valence-corrected chi connectivity index (χ2v) is 2.87. The third kappa shape index (κ3) is 7.31. The average Bonchev–Trinajstić information content (AvgIpc) is 1.86. The van der Waals surface area contributed by atoms with Crippen molar-refractivity contribution in [1.82, 2.24) is 4.90 Å². The first-order valence-corrected chi connectivity index (χ1v) is 3.90. The molecule has 0 aromatic rings. The molecule has 0 aliphatic carbocycles. The maximum absolute atomic E-state index is 8.97. The fourth-order valence-electron chi connectivity index (χ4n) is 0.970. The van der Waals surface area contributed by atoms with E-state index in [4.69, 9.17) is 10.4 Å². The van der Waals surface area contributed by atoms with Crippen molar-refractivity contribution < 1.29 is 5.11 Å². The van der Waals surface area contributed by atoms with E-state index in [-0.39, 0.29) is 6.10 Å². The fraction of sp³-hybridized carbons (Fsp3) is 0.875. The number of aliphatic hydroxyl groups excluding tert-OH is 1. The Morgan fingerprint density at radius 3 is 2.73 bits per heavy atom. The Balaban J connectivity index is 3.24. The van der Waals surface area contributed by atoms with E-state index >= 15 is 0 Å². The highest BCUT2D eigenvalue weighted by Gasteiger charge is 2.00. The van der Waals surface area contributed by atoms with E-state index in [2.05, 4.69) is 6.07 Å². The summed E-state index contributed by atoms with van der Waals surface area (Å²) in [5, 5.41) is 17.2. The summed E-state index contributed by atoms with van der Waals surface area (Å²) in [6.07, 6.45) is 1.21. The van der Waals surface area contributed by atoms with Gasteiger partial charge in [0.2, 0.25) is 0 Å². The van der Waals surface area contributed by atoms with Crippen LogP contribution >= 0.6 is 0 Å². The van der Waals surface area contributed by atoms with Gasteiger partial charge in [0.05, 0.1) is 12.2 Å². The van der Waals surface area contributed by atoms with Gasteiger partial charge in [0.15, 0.2) is 0 Å². The number of rotatable bonds is 5. The highest BCUT2D eigenvalue weighted by atomic mass is 16.3. The van der Waals surface area contributed by atoms with Crippen LogP contribution < -0.4 is 0 Å². The van der Waals surface area contributed by atoms with Gasteiger partial charge in [-0.3, -0.25) is 0 Å². The summed E-state index contributed by atoms with van der Waals surface area (Å²) in [7, 11) is 1.95. The molecule has 0 amide bonds. The molecule has 0 spiro atoms. The Morgan fingerprint density at radius 1 is 1.64 bits per heavy atom. The summed E-state index contributed by atoms with van der Waals surface area (Å²) >= 11 is 0. The molecule has 1 N–H and O–H groups in total. The van der Waals surface area contributed by atoms with Gasteiger partial charge in [0.1, 0.15) is 0 Å². The van der Waals surface area contributed by atoms with Crippen molar-refractivity contribution in [2.24, 2.45) is 0 Å². The maximum Gasteiger partial charge on any atom is 0.0638 e. The number of likely N-dealkylation sites (N-methyl/N-ethyl adjacent to an activating group) is 1. The molecule has 0 rings (SSSR count). The lowest BCUT2D eigenvalue weighted by Gasteiger charge is -2.16. The lowest BCUT2D eigenvalue weighted by atomic mass is 10.3. The lowest BCUT2D eigenvalue weighted by molar-refractivity contribution is 0.141. The number of hydrogen-bond acceptors (Lipinski definition) is 3. The number of aliphatic hydroxyl groups is 1. The minimum atomic E-state index is -0.276. The SMILES string of the molecule is CC(O)CN(C)CCCC#N. The summed E-state index contributed by atoms with van der Waals surface area (Å²) in [6.45, 7) is 3.34. The van der Waals surface area contributed by atoms with Crippen molar-refractivity contribution in [2.45, 2.75) is 25.9 Å². The molecule has 0 aromatic carbocycles. The standard InChI is InChI=1S/C8H16N2O/c1-8(11)7-10(2)6-4-3-5-9/h8,11H,3-4,6-7H2,1-2H3. The lowest BCUT2D eigenvalue weighted by Crippen LogP contribution is -2.27. The molecule has 0 aliphatic rings. The average molecular weight is 156 g/mol. The molecule has 1 unspecified atom stereocenters. The Bertz CT molecular complexity index is 129. The van der Waals surface area contributed by atoms with E-state index < -0.39 is 0 Å². The zero-order chi connectivity index (χ0) is 8.69. The molecule has 64 valence electrons. The highest BCUT2D eigenvalue weighted by Crippen LogP contribution is 1.92. The van der Waals surface area contributed by atoms with E-state index in [1.807, 2.05) is 11.9 Å². The first-order valence-electron chi connectivity index (χ1n) is 3.90. The first-order chi connectivity index (χ1) is 5.16. The monoisotopic (exact) mass is 156 g/mol. The smallest absolute Gasteiger partial charge is 0.0638 e.